The van der Waals surface area contributed by atoms with Crippen LogP contribution < -0.4 is 4.74 Å². The predicted molar refractivity (Wildman–Crippen MR) is 57.7 cm³/mol. The number of halogens is 1. The van der Waals surface area contributed by atoms with Crippen molar-refractivity contribution in [3.05, 3.63) is 48.0 Å². The van der Waals surface area contributed by atoms with Gasteiger partial charge in [0.1, 0.15) is 0 Å². The van der Waals surface area contributed by atoms with Crippen LogP contribution in [0.25, 0.3) is 5.69 Å². The molecule has 0 saturated heterocycles. The predicted octanol–water partition coefficient (Wildman–Crippen LogP) is 2.44. The number of carbonyl (C=O) groups excluding carboxylic acids is 1. The largest absolute Gasteiger partial charge is 0.494 e. The number of aromatic nitrogens is 1. The molecule has 0 N–H and O–H groups in total. The second kappa shape index (κ2) is 4.18. The average Bonchev–Trinajstić information content (AvgIpc) is 2.78. The molecular formula is C12H10FNO2. The van der Waals surface area contributed by atoms with Gasteiger partial charge in [-0.3, -0.25) is 4.79 Å². The van der Waals surface area contributed by atoms with E-state index in [0.29, 0.717) is 11.4 Å². The van der Waals surface area contributed by atoms with Crippen LogP contribution in [0.5, 0.6) is 5.75 Å². The van der Waals surface area contributed by atoms with Crippen molar-refractivity contribution < 1.29 is 13.9 Å². The molecule has 0 radical (unpaired) electrons. The molecule has 2 rings (SSSR count). The number of aldehydes is 1. The molecule has 0 fully saturated rings. The van der Waals surface area contributed by atoms with Crippen molar-refractivity contribution in [2.24, 2.45) is 0 Å². The van der Waals surface area contributed by atoms with Crippen molar-refractivity contribution >= 4 is 6.29 Å². The van der Waals surface area contributed by atoms with Crippen molar-refractivity contribution in [1.29, 1.82) is 0 Å². The van der Waals surface area contributed by atoms with Gasteiger partial charge in [-0.15, -0.1) is 0 Å². The topological polar surface area (TPSA) is 31.2 Å². The van der Waals surface area contributed by atoms with Crippen LogP contribution in [0.3, 0.4) is 0 Å². The maximum atomic E-state index is 13.2. The van der Waals surface area contributed by atoms with Crippen LogP contribution >= 0.6 is 0 Å². The number of nitrogens with zero attached hydrogens (tertiary/aromatic N) is 1. The first-order chi connectivity index (χ1) is 7.76. The van der Waals surface area contributed by atoms with E-state index >= 15 is 0 Å². The lowest BCUT2D eigenvalue weighted by Gasteiger charge is -2.08. The molecule has 0 saturated carbocycles. The number of rotatable bonds is 3. The summed E-state index contributed by atoms with van der Waals surface area (Å²) < 4.78 is 19.7. The highest BCUT2D eigenvalue weighted by Crippen LogP contribution is 2.21. The number of hydrogen-bond acceptors (Lipinski definition) is 2. The van der Waals surface area contributed by atoms with Crippen LogP contribution in [0.2, 0.25) is 0 Å². The minimum atomic E-state index is -0.425. The van der Waals surface area contributed by atoms with Gasteiger partial charge in [-0.2, -0.15) is 0 Å². The smallest absolute Gasteiger partial charge is 0.166 e. The van der Waals surface area contributed by atoms with E-state index in [1.54, 1.807) is 35.0 Å². The first kappa shape index (κ1) is 10.4. The number of carbonyl (C=O) groups is 1. The van der Waals surface area contributed by atoms with Crippen LogP contribution in [0.15, 0.2) is 36.5 Å². The lowest BCUT2D eigenvalue weighted by atomic mass is 10.3. The van der Waals surface area contributed by atoms with Gasteiger partial charge in [0.2, 0.25) is 0 Å². The highest BCUT2D eigenvalue weighted by atomic mass is 19.1. The van der Waals surface area contributed by atoms with Crippen molar-refractivity contribution in [3.8, 4) is 11.4 Å². The molecule has 3 nitrogen and oxygen atoms in total. The van der Waals surface area contributed by atoms with E-state index in [1.807, 2.05) is 0 Å². The monoisotopic (exact) mass is 219 g/mol. The fraction of sp³-hybridized carbons (Fsp3) is 0.0833. The lowest BCUT2D eigenvalue weighted by molar-refractivity contribution is 0.111. The molecule has 1 aromatic heterocycles. The summed E-state index contributed by atoms with van der Waals surface area (Å²) in [4.78, 5) is 10.8. The first-order valence-corrected chi connectivity index (χ1v) is 4.72. The molecular weight excluding hydrogens is 209 g/mol. The van der Waals surface area contributed by atoms with E-state index in [1.165, 1.54) is 13.2 Å². The van der Waals surface area contributed by atoms with Gasteiger partial charge in [-0.05, 0) is 24.3 Å². The Balaban J connectivity index is 2.52. The Morgan fingerprint density at radius 1 is 1.38 bits per heavy atom. The van der Waals surface area contributed by atoms with E-state index in [-0.39, 0.29) is 5.75 Å². The van der Waals surface area contributed by atoms with E-state index in [0.717, 1.165) is 6.29 Å². The van der Waals surface area contributed by atoms with Crippen molar-refractivity contribution in [1.82, 2.24) is 4.57 Å². The van der Waals surface area contributed by atoms with Gasteiger partial charge in [0.15, 0.2) is 17.9 Å². The summed E-state index contributed by atoms with van der Waals surface area (Å²) in [5, 5.41) is 0. The average molecular weight is 219 g/mol. The molecule has 1 aromatic carbocycles. The van der Waals surface area contributed by atoms with Crippen molar-refractivity contribution in [2.45, 2.75) is 0 Å². The third-order valence-electron chi connectivity index (χ3n) is 2.31. The zero-order chi connectivity index (χ0) is 11.5. The van der Waals surface area contributed by atoms with Crippen molar-refractivity contribution in [2.75, 3.05) is 7.11 Å². The molecule has 16 heavy (non-hydrogen) atoms. The van der Waals surface area contributed by atoms with Crippen LogP contribution in [-0.2, 0) is 0 Å². The van der Waals surface area contributed by atoms with Gasteiger partial charge in [0, 0.05) is 18.0 Å². The molecule has 0 aliphatic rings. The lowest BCUT2D eigenvalue weighted by Crippen LogP contribution is -1.98. The Hall–Kier alpha value is -2.10. The fourth-order valence-corrected chi connectivity index (χ4v) is 1.52. The van der Waals surface area contributed by atoms with E-state index in [9.17, 15) is 9.18 Å². The third-order valence-corrected chi connectivity index (χ3v) is 2.31. The van der Waals surface area contributed by atoms with Crippen LogP contribution in [0, 0.1) is 5.82 Å². The summed E-state index contributed by atoms with van der Waals surface area (Å²) in [6.07, 6.45) is 2.48. The van der Waals surface area contributed by atoms with Gasteiger partial charge >= 0.3 is 0 Å². The van der Waals surface area contributed by atoms with Gasteiger partial charge in [-0.1, -0.05) is 0 Å². The van der Waals surface area contributed by atoms with E-state index in [4.69, 9.17) is 4.74 Å². The van der Waals surface area contributed by atoms with Gasteiger partial charge in [-0.25, -0.2) is 4.39 Å². The normalized spacial score (nSPS) is 10.1. The quantitative estimate of drug-likeness (QED) is 0.742. The second-order valence-corrected chi connectivity index (χ2v) is 3.24. The second-order valence-electron chi connectivity index (χ2n) is 3.24. The molecule has 1 heterocycles. The molecule has 82 valence electrons. The summed E-state index contributed by atoms with van der Waals surface area (Å²) in [5.74, 6) is -0.269. The van der Waals surface area contributed by atoms with Gasteiger partial charge in [0.25, 0.3) is 0 Å². The highest BCUT2D eigenvalue weighted by Gasteiger charge is 2.06. The molecule has 4 heteroatoms. The Kier molecular flexibility index (Phi) is 2.72. The van der Waals surface area contributed by atoms with E-state index in [2.05, 4.69) is 0 Å². The maximum absolute atomic E-state index is 13.2. The minimum Gasteiger partial charge on any atom is -0.494 e. The summed E-state index contributed by atoms with van der Waals surface area (Å²) >= 11 is 0. The van der Waals surface area contributed by atoms with Crippen molar-refractivity contribution in [3.63, 3.8) is 0 Å². The fourth-order valence-electron chi connectivity index (χ4n) is 1.52. The molecule has 0 atom stereocenters. The maximum Gasteiger partial charge on any atom is 0.166 e. The molecule has 0 aliphatic carbocycles. The molecule has 0 bridgehead atoms. The molecule has 0 amide bonds. The molecule has 0 spiro atoms. The number of benzene rings is 1. The third kappa shape index (κ3) is 1.69. The summed E-state index contributed by atoms with van der Waals surface area (Å²) in [6, 6.07) is 7.87. The number of methoxy groups -OCH3 is 1. The zero-order valence-electron chi connectivity index (χ0n) is 8.68. The Morgan fingerprint density at radius 3 is 2.88 bits per heavy atom. The molecule has 0 aliphatic heterocycles. The van der Waals surface area contributed by atoms with Crippen LogP contribution in [0.1, 0.15) is 10.5 Å². The van der Waals surface area contributed by atoms with Gasteiger partial charge < -0.3 is 9.30 Å². The minimum absolute atomic E-state index is 0.156. The standard InChI is InChI=1S/C12H10FNO2/c1-16-12-7-9(4-5-11(12)13)14-6-2-3-10(14)8-15/h2-8H,1H3. The Labute approximate surface area is 92.1 Å². The van der Waals surface area contributed by atoms with Crippen LogP contribution in [-0.4, -0.2) is 18.0 Å². The van der Waals surface area contributed by atoms with Crippen LogP contribution in [0.4, 0.5) is 4.39 Å². The summed E-state index contributed by atoms with van der Waals surface area (Å²) in [6.45, 7) is 0. The highest BCUT2D eigenvalue weighted by molar-refractivity contribution is 5.73. The first-order valence-electron chi connectivity index (χ1n) is 4.72. The van der Waals surface area contributed by atoms with Gasteiger partial charge in [0.05, 0.1) is 12.8 Å². The number of ether oxygens (including phenoxy) is 1. The van der Waals surface area contributed by atoms with E-state index < -0.39 is 5.82 Å². The molecule has 2 aromatic rings. The Bertz CT molecular complexity index is 519. The SMILES string of the molecule is COc1cc(-n2cccc2C=O)ccc1F. The molecule has 0 unspecified atom stereocenters. The summed E-state index contributed by atoms with van der Waals surface area (Å²) in [7, 11) is 1.40. The Morgan fingerprint density at radius 2 is 2.19 bits per heavy atom. The zero-order valence-corrected chi connectivity index (χ0v) is 8.68. The summed E-state index contributed by atoms with van der Waals surface area (Å²) in [5.41, 5.74) is 1.19. The number of hydrogen-bond donors (Lipinski definition) is 0.